The van der Waals surface area contributed by atoms with E-state index in [2.05, 4.69) is 50.2 Å². The van der Waals surface area contributed by atoms with Crippen LogP contribution in [0.1, 0.15) is 44.6 Å². The van der Waals surface area contributed by atoms with Crippen molar-refractivity contribution >= 4 is 31.9 Å². The largest absolute Gasteiger partial charge is 0.495 e. The third kappa shape index (κ3) is 6.28. The molecular weight excluding hydrogens is 370 g/mol. The van der Waals surface area contributed by atoms with Crippen LogP contribution >= 0.6 is 31.9 Å². The van der Waals surface area contributed by atoms with E-state index in [0.717, 1.165) is 27.8 Å². The van der Waals surface area contributed by atoms with Crippen molar-refractivity contribution < 1.29 is 4.74 Å². The maximum atomic E-state index is 5.43. The Morgan fingerprint density at radius 2 is 1.84 bits per heavy atom. The lowest BCUT2D eigenvalue weighted by molar-refractivity contribution is 0.404. The van der Waals surface area contributed by atoms with Crippen LogP contribution in [0.4, 0.5) is 0 Å². The van der Waals surface area contributed by atoms with Gasteiger partial charge in [0.1, 0.15) is 5.75 Å². The molecule has 1 rings (SSSR count). The van der Waals surface area contributed by atoms with E-state index in [1.165, 1.54) is 37.7 Å². The van der Waals surface area contributed by atoms with Gasteiger partial charge in [-0.25, -0.2) is 0 Å². The van der Waals surface area contributed by atoms with E-state index >= 15 is 0 Å². The second-order valence-corrected chi connectivity index (χ2v) is 6.44. The molecule has 1 aromatic rings. The van der Waals surface area contributed by atoms with Crippen LogP contribution in [0.3, 0.4) is 0 Å². The van der Waals surface area contributed by atoms with Gasteiger partial charge < -0.3 is 10.1 Å². The molecule has 0 radical (unpaired) electrons. The minimum absolute atomic E-state index is 0.842. The van der Waals surface area contributed by atoms with Gasteiger partial charge in [0.05, 0.1) is 11.6 Å². The first-order chi connectivity index (χ1) is 9.19. The van der Waals surface area contributed by atoms with Crippen molar-refractivity contribution in [2.24, 2.45) is 0 Å². The summed E-state index contributed by atoms with van der Waals surface area (Å²) in [5.41, 5.74) is 1.18. The van der Waals surface area contributed by atoms with E-state index in [9.17, 15) is 0 Å². The number of rotatable bonds is 9. The van der Waals surface area contributed by atoms with Crippen molar-refractivity contribution in [2.45, 2.75) is 45.6 Å². The van der Waals surface area contributed by atoms with Crippen LogP contribution in [0.25, 0.3) is 0 Å². The molecule has 19 heavy (non-hydrogen) atoms. The first-order valence-electron chi connectivity index (χ1n) is 6.91. The van der Waals surface area contributed by atoms with Crippen LogP contribution in [0.15, 0.2) is 21.1 Å². The van der Waals surface area contributed by atoms with Crippen molar-refractivity contribution in [3.8, 4) is 5.75 Å². The Balaban J connectivity index is 2.36. The Morgan fingerprint density at radius 3 is 2.53 bits per heavy atom. The van der Waals surface area contributed by atoms with E-state index in [1.54, 1.807) is 7.11 Å². The predicted molar refractivity (Wildman–Crippen MR) is 88.9 cm³/mol. The Kier molecular flexibility index (Phi) is 8.75. The third-order valence-electron chi connectivity index (χ3n) is 3.06. The molecule has 0 aliphatic rings. The molecule has 0 heterocycles. The van der Waals surface area contributed by atoms with Crippen LogP contribution in [0.5, 0.6) is 5.75 Å². The van der Waals surface area contributed by atoms with Gasteiger partial charge in [0.25, 0.3) is 0 Å². The molecule has 0 aromatic heterocycles. The number of hydrogen-bond acceptors (Lipinski definition) is 2. The molecule has 0 spiro atoms. The highest BCUT2D eigenvalue weighted by atomic mass is 79.9. The summed E-state index contributed by atoms with van der Waals surface area (Å²) >= 11 is 7.04. The first-order valence-corrected chi connectivity index (χ1v) is 8.50. The van der Waals surface area contributed by atoms with E-state index in [4.69, 9.17) is 4.74 Å². The maximum absolute atomic E-state index is 5.43. The highest BCUT2D eigenvalue weighted by Crippen LogP contribution is 2.32. The molecule has 0 fully saturated rings. The zero-order valence-corrected chi connectivity index (χ0v) is 14.9. The lowest BCUT2D eigenvalue weighted by Gasteiger charge is -2.12. The number of nitrogens with one attached hydrogen (secondary N) is 1. The zero-order valence-electron chi connectivity index (χ0n) is 11.8. The van der Waals surface area contributed by atoms with Crippen LogP contribution in [0.2, 0.25) is 0 Å². The Morgan fingerprint density at radius 1 is 1.11 bits per heavy atom. The normalized spacial score (nSPS) is 10.7. The topological polar surface area (TPSA) is 21.3 Å². The maximum Gasteiger partial charge on any atom is 0.137 e. The van der Waals surface area contributed by atoms with E-state index in [0.29, 0.717) is 0 Å². The fraction of sp³-hybridized carbons (Fsp3) is 0.600. The monoisotopic (exact) mass is 391 g/mol. The summed E-state index contributed by atoms with van der Waals surface area (Å²) in [6, 6.07) is 4.11. The molecule has 0 unspecified atom stereocenters. The molecule has 1 aromatic carbocycles. The summed E-state index contributed by atoms with van der Waals surface area (Å²) in [5.74, 6) is 0.918. The average Bonchev–Trinajstić information content (AvgIpc) is 2.37. The van der Waals surface area contributed by atoms with Crippen LogP contribution in [-0.4, -0.2) is 13.7 Å². The van der Waals surface area contributed by atoms with E-state index in [-0.39, 0.29) is 0 Å². The molecule has 0 saturated carbocycles. The van der Waals surface area contributed by atoms with Gasteiger partial charge in [0.15, 0.2) is 0 Å². The predicted octanol–water partition coefficient (Wildman–Crippen LogP) is 5.28. The minimum atomic E-state index is 0.842. The number of ether oxygens (including phenoxy) is 1. The van der Waals surface area contributed by atoms with Crippen molar-refractivity contribution in [3.05, 3.63) is 26.6 Å². The summed E-state index contributed by atoms with van der Waals surface area (Å²) in [4.78, 5) is 0. The number of methoxy groups -OCH3 is 1. The fourth-order valence-electron chi connectivity index (χ4n) is 2.05. The van der Waals surface area contributed by atoms with Gasteiger partial charge in [-0.2, -0.15) is 0 Å². The molecular formula is C15H23Br2NO. The quantitative estimate of drug-likeness (QED) is 0.577. The Bertz CT molecular complexity index is 383. The Labute approximate surface area is 133 Å². The fourth-order valence-corrected chi connectivity index (χ4v) is 3.53. The summed E-state index contributed by atoms with van der Waals surface area (Å²) in [6.07, 6.45) is 6.57. The van der Waals surface area contributed by atoms with Gasteiger partial charge >= 0.3 is 0 Å². The minimum Gasteiger partial charge on any atom is -0.495 e. The van der Waals surface area contributed by atoms with Crippen molar-refractivity contribution in [3.63, 3.8) is 0 Å². The third-order valence-corrected chi connectivity index (χ3v) is 4.11. The molecule has 0 atom stereocenters. The molecule has 0 bridgehead atoms. The number of unbranched alkanes of at least 4 members (excludes halogenated alkanes) is 4. The lowest BCUT2D eigenvalue weighted by Crippen LogP contribution is -2.15. The molecule has 108 valence electrons. The number of halogens is 2. The van der Waals surface area contributed by atoms with Gasteiger partial charge in [0.2, 0.25) is 0 Å². The van der Waals surface area contributed by atoms with Crippen molar-refractivity contribution in [1.29, 1.82) is 0 Å². The second kappa shape index (κ2) is 9.78. The second-order valence-electron chi connectivity index (χ2n) is 4.67. The lowest BCUT2D eigenvalue weighted by atomic mass is 10.1. The smallest absolute Gasteiger partial charge is 0.137 e. The molecule has 4 heteroatoms. The average molecular weight is 393 g/mol. The summed E-state index contributed by atoms with van der Waals surface area (Å²) in [5, 5.41) is 3.49. The van der Waals surface area contributed by atoms with Gasteiger partial charge in [0, 0.05) is 16.6 Å². The molecule has 2 nitrogen and oxygen atoms in total. The molecule has 0 aliphatic carbocycles. The van der Waals surface area contributed by atoms with E-state index in [1.807, 2.05) is 6.07 Å². The highest BCUT2D eigenvalue weighted by Gasteiger charge is 2.08. The first kappa shape index (κ1) is 17.0. The van der Waals surface area contributed by atoms with Crippen LogP contribution in [-0.2, 0) is 6.54 Å². The van der Waals surface area contributed by atoms with Gasteiger partial charge in [-0.3, -0.25) is 0 Å². The standard InChI is InChI=1S/C15H23Br2NO/c1-3-4-5-6-7-8-18-11-12-9-13(16)10-14(17)15(12)19-2/h9-10,18H,3-8,11H2,1-2H3. The van der Waals surface area contributed by atoms with Crippen molar-refractivity contribution in [1.82, 2.24) is 5.32 Å². The number of benzene rings is 1. The zero-order chi connectivity index (χ0) is 14.1. The summed E-state index contributed by atoms with van der Waals surface area (Å²) in [7, 11) is 1.71. The van der Waals surface area contributed by atoms with Gasteiger partial charge in [-0.15, -0.1) is 0 Å². The highest BCUT2D eigenvalue weighted by molar-refractivity contribution is 9.11. The summed E-state index contributed by atoms with van der Waals surface area (Å²) < 4.78 is 7.49. The summed E-state index contributed by atoms with van der Waals surface area (Å²) in [6.45, 7) is 4.15. The molecule has 0 amide bonds. The Hall–Kier alpha value is -0.0600. The molecule has 0 saturated heterocycles. The van der Waals surface area contributed by atoms with Crippen LogP contribution in [0, 0.1) is 0 Å². The number of hydrogen-bond donors (Lipinski definition) is 1. The van der Waals surface area contributed by atoms with Gasteiger partial charge in [-0.05, 0) is 41.0 Å². The van der Waals surface area contributed by atoms with Gasteiger partial charge in [-0.1, -0.05) is 48.5 Å². The SMILES string of the molecule is CCCCCCCNCc1cc(Br)cc(Br)c1OC. The van der Waals surface area contributed by atoms with Crippen LogP contribution < -0.4 is 10.1 Å². The molecule has 1 N–H and O–H groups in total. The van der Waals surface area contributed by atoms with E-state index < -0.39 is 0 Å². The molecule has 0 aliphatic heterocycles. The van der Waals surface area contributed by atoms with Crippen molar-refractivity contribution in [2.75, 3.05) is 13.7 Å².